The number of fused-ring (bicyclic) bond motifs is 2. The van der Waals surface area contributed by atoms with Gasteiger partial charge in [-0.05, 0) is 55.0 Å². The fraction of sp³-hybridized carbons (Fsp3) is 0.450. The lowest BCUT2D eigenvalue weighted by Crippen LogP contribution is -2.33. The topological polar surface area (TPSA) is 81.2 Å². The Morgan fingerprint density at radius 3 is 2.89 bits per heavy atom. The third kappa shape index (κ3) is 3.61. The second-order valence-electron chi connectivity index (χ2n) is 7.42. The predicted octanol–water partition coefficient (Wildman–Crippen LogP) is 3.66. The summed E-state index contributed by atoms with van der Waals surface area (Å²) in [6.45, 7) is 7.06. The zero-order chi connectivity index (χ0) is 19.9. The number of hydrogen-bond donors (Lipinski definition) is 1. The monoisotopic (exact) mass is 418 g/mol. The van der Waals surface area contributed by atoms with E-state index in [-0.39, 0.29) is 4.90 Å². The van der Waals surface area contributed by atoms with E-state index in [0.29, 0.717) is 11.6 Å². The summed E-state index contributed by atoms with van der Waals surface area (Å²) in [5.41, 5.74) is 3.08. The molecule has 0 amide bonds. The zero-order valence-electron chi connectivity index (χ0n) is 16.3. The highest BCUT2D eigenvalue weighted by atomic mass is 32.2. The molecular formula is C20H26N4O2S2. The number of primary sulfonamides is 1. The van der Waals surface area contributed by atoms with E-state index in [1.54, 1.807) is 12.1 Å². The standard InChI is InChI=1S/C20H26N4O2S2/c1-3-4-9-24-18-6-5-15(28(21,25)26)12-17(18)22-20(24)13-23-10-7-19-16(14(23)2)8-11-27-19/h5-6,8,11-12,14H,3-4,7,9-10,13H2,1-2H3,(H2,21,25,26). The van der Waals surface area contributed by atoms with E-state index >= 15 is 0 Å². The lowest BCUT2D eigenvalue weighted by molar-refractivity contribution is 0.184. The van der Waals surface area contributed by atoms with Crippen molar-refractivity contribution < 1.29 is 8.42 Å². The number of benzene rings is 1. The van der Waals surface area contributed by atoms with E-state index in [0.717, 1.165) is 50.2 Å². The molecule has 2 aromatic heterocycles. The minimum atomic E-state index is -3.74. The number of sulfonamides is 1. The lowest BCUT2D eigenvalue weighted by Gasteiger charge is -2.33. The minimum Gasteiger partial charge on any atom is -0.327 e. The molecule has 3 aromatic rings. The first kappa shape index (κ1) is 19.6. The first-order chi connectivity index (χ1) is 13.4. The SMILES string of the molecule is CCCCn1c(CN2CCc3sccc3C2C)nc2cc(S(N)(=O)=O)ccc21. The average Bonchev–Trinajstić information content (AvgIpc) is 3.26. The van der Waals surface area contributed by atoms with Gasteiger partial charge in [-0.15, -0.1) is 11.3 Å². The number of aromatic nitrogens is 2. The number of hydrogen-bond acceptors (Lipinski definition) is 5. The Balaban J connectivity index is 1.71. The maximum Gasteiger partial charge on any atom is 0.238 e. The van der Waals surface area contributed by atoms with E-state index in [1.165, 1.54) is 10.4 Å². The van der Waals surface area contributed by atoms with Crippen LogP contribution in [0.2, 0.25) is 0 Å². The molecule has 0 saturated heterocycles. The smallest absolute Gasteiger partial charge is 0.238 e. The quantitative estimate of drug-likeness (QED) is 0.662. The molecule has 0 bridgehead atoms. The van der Waals surface area contributed by atoms with Gasteiger partial charge in [0.1, 0.15) is 5.82 Å². The van der Waals surface area contributed by atoms with Gasteiger partial charge < -0.3 is 4.57 Å². The minimum absolute atomic E-state index is 0.112. The largest absolute Gasteiger partial charge is 0.327 e. The normalized spacial score (nSPS) is 17.9. The average molecular weight is 419 g/mol. The zero-order valence-corrected chi connectivity index (χ0v) is 17.9. The Labute approximate surface area is 170 Å². The van der Waals surface area contributed by atoms with Gasteiger partial charge in [-0.2, -0.15) is 0 Å². The van der Waals surface area contributed by atoms with E-state index in [1.807, 2.05) is 17.4 Å². The molecule has 150 valence electrons. The molecule has 8 heteroatoms. The maximum absolute atomic E-state index is 11.7. The van der Waals surface area contributed by atoms with E-state index in [9.17, 15) is 8.42 Å². The van der Waals surface area contributed by atoms with Crippen LogP contribution in [-0.4, -0.2) is 29.4 Å². The summed E-state index contributed by atoms with van der Waals surface area (Å²) < 4.78 is 25.7. The Kier molecular flexibility index (Phi) is 5.30. The molecule has 0 spiro atoms. The van der Waals surface area contributed by atoms with Crippen molar-refractivity contribution in [2.24, 2.45) is 5.14 Å². The molecule has 1 aliphatic heterocycles. The molecule has 4 rings (SSSR count). The highest BCUT2D eigenvalue weighted by molar-refractivity contribution is 7.89. The van der Waals surface area contributed by atoms with E-state index in [2.05, 4.69) is 34.8 Å². The summed E-state index contributed by atoms with van der Waals surface area (Å²) in [5, 5.41) is 7.48. The molecule has 1 atom stereocenters. The van der Waals surface area contributed by atoms with Crippen molar-refractivity contribution in [1.29, 1.82) is 0 Å². The number of rotatable bonds is 6. The summed E-state index contributed by atoms with van der Waals surface area (Å²) in [7, 11) is -3.74. The van der Waals surface area contributed by atoms with Crippen LogP contribution in [-0.2, 0) is 29.5 Å². The van der Waals surface area contributed by atoms with Gasteiger partial charge in [-0.1, -0.05) is 13.3 Å². The summed E-state index contributed by atoms with van der Waals surface area (Å²) >= 11 is 1.84. The number of aryl methyl sites for hydroxylation is 1. The van der Waals surface area contributed by atoms with Gasteiger partial charge in [0.25, 0.3) is 0 Å². The van der Waals surface area contributed by atoms with Gasteiger partial charge in [0, 0.05) is 24.0 Å². The highest BCUT2D eigenvalue weighted by Gasteiger charge is 2.26. The summed E-state index contributed by atoms with van der Waals surface area (Å²) in [4.78, 5) is 8.87. The van der Waals surface area contributed by atoms with Crippen molar-refractivity contribution in [1.82, 2.24) is 14.5 Å². The van der Waals surface area contributed by atoms with Crippen LogP contribution in [0.25, 0.3) is 11.0 Å². The first-order valence-electron chi connectivity index (χ1n) is 9.70. The fourth-order valence-electron chi connectivity index (χ4n) is 3.98. The number of unbranched alkanes of at least 4 members (excludes halogenated alkanes) is 1. The van der Waals surface area contributed by atoms with Crippen LogP contribution in [0.5, 0.6) is 0 Å². The Hall–Kier alpha value is -1.74. The number of nitrogens with two attached hydrogens (primary N) is 1. The fourth-order valence-corrected chi connectivity index (χ4v) is 5.48. The highest BCUT2D eigenvalue weighted by Crippen LogP contribution is 2.34. The van der Waals surface area contributed by atoms with Gasteiger partial charge >= 0.3 is 0 Å². The van der Waals surface area contributed by atoms with Crippen LogP contribution in [0.15, 0.2) is 34.5 Å². The third-order valence-corrected chi connectivity index (χ3v) is 7.52. The van der Waals surface area contributed by atoms with Crippen molar-refractivity contribution >= 4 is 32.4 Å². The van der Waals surface area contributed by atoms with Crippen molar-refractivity contribution in [3.05, 3.63) is 45.9 Å². The first-order valence-corrected chi connectivity index (χ1v) is 12.1. The van der Waals surface area contributed by atoms with Crippen molar-refractivity contribution in [3.8, 4) is 0 Å². The van der Waals surface area contributed by atoms with E-state index in [4.69, 9.17) is 10.1 Å². The second-order valence-corrected chi connectivity index (χ2v) is 9.99. The van der Waals surface area contributed by atoms with Crippen LogP contribution < -0.4 is 5.14 Å². The van der Waals surface area contributed by atoms with Crippen molar-refractivity contribution in [2.75, 3.05) is 6.54 Å². The van der Waals surface area contributed by atoms with Gasteiger partial charge in [-0.3, -0.25) is 4.90 Å². The lowest BCUT2D eigenvalue weighted by atomic mass is 10.0. The van der Waals surface area contributed by atoms with Gasteiger partial charge in [0.05, 0.1) is 22.5 Å². The second kappa shape index (κ2) is 7.59. The van der Waals surface area contributed by atoms with Gasteiger partial charge in [0.15, 0.2) is 0 Å². The van der Waals surface area contributed by atoms with Crippen LogP contribution >= 0.6 is 11.3 Å². The molecular weight excluding hydrogens is 392 g/mol. The van der Waals surface area contributed by atoms with E-state index < -0.39 is 10.0 Å². The summed E-state index contributed by atoms with van der Waals surface area (Å²) in [6, 6.07) is 7.59. The molecule has 1 aromatic carbocycles. The Bertz CT molecular complexity index is 1100. The summed E-state index contributed by atoms with van der Waals surface area (Å²) in [5.74, 6) is 0.987. The number of nitrogens with zero attached hydrogens (tertiary/aromatic N) is 3. The number of imidazole rings is 1. The van der Waals surface area contributed by atoms with Crippen LogP contribution in [0.3, 0.4) is 0 Å². The molecule has 28 heavy (non-hydrogen) atoms. The Morgan fingerprint density at radius 1 is 1.32 bits per heavy atom. The van der Waals surface area contributed by atoms with Gasteiger partial charge in [-0.25, -0.2) is 18.5 Å². The predicted molar refractivity (Wildman–Crippen MR) is 113 cm³/mol. The molecule has 0 radical (unpaired) electrons. The van der Waals surface area contributed by atoms with Crippen LogP contribution in [0.1, 0.15) is 49.0 Å². The van der Waals surface area contributed by atoms with Crippen LogP contribution in [0.4, 0.5) is 0 Å². The summed E-state index contributed by atoms with van der Waals surface area (Å²) in [6.07, 6.45) is 3.22. The maximum atomic E-state index is 11.7. The molecule has 1 aliphatic rings. The van der Waals surface area contributed by atoms with Crippen molar-refractivity contribution in [2.45, 2.75) is 57.1 Å². The van der Waals surface area contributed by atoms with Crippen LogP contribution in [0, 0.1) is 0 Å². The van der Waals surface area contributed by atoms with Crippen molar-refractivity contribution in [3.63, 3.8) is 0 Å². The molecule has 2 N–H and O–H groups in total. The molecule has 0 fully saturated rings. The molecule has 6 nitrogen and oxygen atoms in total. The molecule has 0 saturated carbocycles. The molecule has 0 aliphatic carbocycles. The molecule has 3 heterocycles. The third-order valence-electron chi connectivity index (χ3n) is 5.61. The molecule has 1 unspecified atom stereocenters. The number of thiophene rings is 1. The van der Waals surface area contributed by atoms with Gasteiger partial charge in [0.2, 0.25) is 10.0 Å². The Morgan fingerprint density at radius 2 is 2.14 bits per heavy atom.